The number of esters is 1. The van der Waals surface area contributed by atoms with Gasteiger partial charge in [0.2, 0.25) is 0 Å². The first-order chi connectivity index (χ1) is 5.56. The van der Waals surface area contributed by atoms with E-state index in [-0.39, 0.29) is 11.9 Å². The molecule has 0 rings (SSSR count). The fraction of sp³-hybridized carbons (Fsp3) is 0.667. The smallest absolute Gasteiger partial charge is 0.363 e. The van der Waals surface area contributed by atoms with Crippen LogP contribution in [-0.4, -0.2) is 43.0 Å². The molecule has 12 heavy (non-hydrogen) atoms. The highest BCUT2D eigenvalue weighted by molar-refractivity contribution is 9.09. The normalized spacial score (nSPS) is 9.67. The molecule has 0 fully saturated rings. The zero-order valence-electron chi connectivity index (χ0n) is 6.87. The Morgan fingerprint density at radius 1 is 1.33 bits per heavy atom. The summed E-state index contributed by atoms with van der Waals surface area (Å²) in [4.78, 5) is 25.8. The van der Waals surface area contributed by atoms with Crippen LogP contribution in [0, 0.1) is 0 Å². The summed E-state index contributed by atoms with van der Waals surface area (Å²) >= 11 is 2.88. The Morgan fingerprint density at radius 3 is 2.33 bits per heavy atom. The van der Waals surface area contributed by atoms with Crippen LogP contribution in [0.1, 0.15) is 0 Å². The van der Waals surface area contributed by atoms with Crippen molar-refractivity contribution in [3.63, 3.8) is 0 Å². The highest BCUT2D eigenvalue weighted by Crippen LogP contribution is 1.88. The van der Waals surface area contributed by atoms with Crippen LogP contribution in [0.4, 0.5) is 0 Å². The minimum absolute atomic E-state index is 0.0717. The number of rotatable bonds is 4. The number of hydrogen-bond acceptors (Lipinski definition) is 5. The Balaban J connectivity index is 3.51. The zero-order chi connectivity index (χ0) is 9.56. The third-order valence-corrected chi connectivity index (χ3v) is 1.20. The van der Waals surface area contributed by atoms with Crippen LogP contribution >= 0.6 is 15.9 Å². The van der Waals surface area contributed by atoms with E-state index in [0.717, 1.165) is 0 Å². The molecule has 0 heterocycles. The van der Waals surface area contributed by atoms with Crippen molar-refractivity contribution in [2.75, 3.05) is 26.0 Å². The second-order valence-electron chi connectivity index (χ2n) is 2.07. The standard InChI is InChI=1S/C6H10BrNO4/c1-8(2)12-6(10)4-11-5(9)3-7/h3-4H2,1-2H3. The van der Waals surface area contributed by atoms with Crippen molar-refractivity contribution < 1.29 is 19.2 Å². The van der Waals surface area contributed by atoms with Gasteiger partial charge in [0.15, 0.2) is 6.61 Å². The van der Waals surface area contributed by atoms with Crippen LogP contribution in [-0.2, 0) is 19.2 Å². The molecule has 0 aliphatic carbocycles. The fourth-order valence-corrected chi connectivity index (χ4v) is 0.570. The molecule has 0 saturated heterocycles. The Morgan fingerprint density at radius 2 is 1.92 bits per heavy atom. The lowest BCUT2D eigenvalue weighted by Crippen LogP contribution is -2.23. The summed E-state index contributed by atoms with van der Waals surface area (Å²) in [6.07, 6.45) is 0. The van der Waals surface area contributed by atoms with Crippen LogP contribution in [0.15, 0.2) is 0 Å². The SMILES string of the molecule is CN(C)OC(=O)COC(=O)CBr. The molecule has 0 atom stereocenters. The summed E-state index contributed by atoms with van der Waals surface area (Å²) in [7, 11) is 3.12. The molecular weight excluding hydrogens is 230 g/mol. The average Bonchev–Trinajstić information content (AvgIpc) is 1.99. The Hall–Kier alpha value is -0.620. The third-order valence-electron chi connectivity index (χ3n) is 0.745. The minimum Gasteiger partial charge on any atom is -0.453 e. The number of carbonyl (C=O) groups is 2. The van der Waals surface area contributed by atoms with Crippen molar-refractivity contribution >= 4 is 27.9 Å². The summed E-state index contributed by atoms with van der Waals surface area (Å²) < 4.78 is 4.47. The number of halogens is 1. The summed E-state index contributed by atoms with van der Waals surface area (Å²) in [6.45, 7) is -0.359. The van der Waals surface area contributed by atoms with Crippen molar-refractivity contribution in [1.82, 2.24) is 5.06 Å². The number of hydrogen-bond donors (Lipinski definition) is 0. The predicted octanol–water partition coefficient (Wildman–Crippen LogP) is -0.0557. The van der Waals surface area contributed by atoms with Gasteiger partial charge in [-0.3, -0.25) is 4.79 Å². The Labute approximate surface area is 78.7 Å². The molecule has 0 spiro atoms. The summed E-state index contributed by atoms with van der Waals surface area (Å²) in [5.74, 6) is -1.10. The Bertz CT molecular complexity index is 171. The molecule has 0 aromatic rings. The van der Waals surface area contributed by atoms with Crippen LogP contribution < -0.4 is 0 Å². The van der Waals surface area contributed by atoms with E-state index < -0.39 is 11.9 Å². The topological polar surface area (TPSA) is 55.8 Å². The van der Waals surface area contributed by atoms with Gasteiger partial charge in [-0.1, -0.05) is 15.9 Å². The van der Waals surface area contributed by atoms with Gasteiger partial charge in [-0.05, 0) is 0 Å². The molecular formula is C6H10BrNO4. The van der Waals surface area contributed by atoms with E-state index in [1.165, 1.54) is 5.06 Å². The minimum atomic E-state index is -0.602. The summed E-state index contributed by atoms with van der Waals surface area (Å²) in [5, 5.41) is 1.30. The van der Waals surface area contributed by atoms with Crippen LogP contribution in [0.5, 0.6) is 0 Å². The molecule has 0 aromatic heterocycles. The van der Waals surface area contributed by atoms with Gasteiger partial charge in [0, 0.05) is 14.1 Å². The molecule has 0 aliphatic heterocycles. The largest absolute Gasteiger partial charge is 0.453 e. The molecule has 0 radical (unpaired) electrons. The van der Waals surface area contributed by atoms with Crippen molar-refractivity contribution in [3.8, 4) is 0 Å². The van der Waals surface area contributed by atoms with Gasteiger partial charge in [0.05, 0.1) is 0 Å². The van der Waals surface area contributed by atoms with E-state index in [1.54, 1.807) is 14.1 Å². The van der Waals surface area contributed by atoms with Crippen LogP contribution in [0.3, 0.4) is 0 Å². The number of carbonyl (C=O) groups excluding carboxylic acids is 2. The van der Waals surface area contributed by atoms with E-state index in [0.29, 0.717) is 0 Å². The Kier molecular flexibility index (Phi) is 5.65. The van der Waals surface area contributed by atoms with E-state index in [4.69, 9.17) is 0 Å². The van der Waals surface area contributed by atoms with Gasteiger partial charge in [-0.2, -0.15) is 0 Å². The first-order valence-corrected chi connectivity index (χ1v) is 4.28. The number of hydroxylamine groups is 2. The molecule has 0 saturated carbocycles. The first-order valence-electron chi connectivity index (χ1n) is 3.16. The van der Waals surface area contributed by atoms with Gasteiger partial charge in [0.1, 0.15) is 5.33 Å². The van der Waals surface area contributed by atoms with E-state index in [1.807, 2.05) is 0 Å². The predicted molar refractivity (Wildman–Crippen MR) is 44.5 cm³/mol. The summed E-state index contributed by atoms with van der Waals surface area (Å²) in [5.41, 5.74) is 0. The lowest BCUT2D eigenvalue weighted by Gasteiger charge is -2.09. The van der Waals surface area contributed by atoms with E-state index in [9.17, 15) is 9.59 Å². The van der Waals surface area contributed by atoms with Gasteiger partial charge >= 0.3 is 11.9 Å². The molecule has 0 N–H and O–H groups in total. The third kappa shape index (κ3) is 6.11. The van der Waals surface area contributed by atoms with Crippen molar-refractivity contribution in [2.24, 2.45) is 0 Å². The van der Waals surface area contributed by atoms with Crippen molar-refractivity contribution in [3.05, 3.63) is 0 Å². The number of ether oxygens (including phenoxy) is 1. The molecule has 70 valence electrons. The number of alkyl halides is 1. The maximum Gasteiger partial charge on any atom is 0.363 e. The lowest BCUT2D eigenvalue weighted by molar-refractivity contribution is -0.185. The van der Waals surface area contributed by atoms with Gasteiger partial charge in [-0.15, -0.1) is 5.06 Å². The zero-order valence-corrected chi connectivity index (χ0v) is 8.46. The highest BCUT2D eigenvalue weighted by atomic mass is 79.9. The van der Waals surface area contributed by atoms with Crippen molar-refractivity contribution in [1.29, 1.82) is 0 Å². The molecule has 0 unspecified atom stereocenters. The van der Waals surface area contributed by atoms with E-state index in [2.05, 4.69) is 25.5 Å². The van der Waals surface area contributed by atoms with E-state index >= 15 is 0 Å². The fourth-order valence-electron chi connectivity index (χ4n) is 0.408. The lowest BCUT2D eigenvalue weighted by atomic mass is 10.7. The maximum atomic E-state index is 10.7. The van der Waals surface area contributed by atoms with Crippen LogP contribution in [0.2, 0.25) is 0 Å². The summed E-state index contributed by atoms with van der Waals surface area (Å²) in [6, 6.07) is 0. The molecule has 0 aromatic carbocycles. The van der Waals surface area contributed by atoms with Gasteiger partial charge in [-0.25, -0.2) is 4.79 Å². The molecule has 0 aliphatic rings. The second kappa shape index (κ2) is 5.96. The maximum absolute atomic E-state index is 10.7. The molecule has 0 bridgehead atoms. The average molecular weight is 240 g/mol. The molecule has 5 nitrogen and oxygen atoms in total. The molecule has 0 amide bonds. The second-order valence-corrected chi connectivity index (χ2v) is 2.63. The van der Waals surface area contributed by atoms with Gasteiger partial charge < -0.3 is 9.57 Å². The quantitative estimate of drug-likeness (QED) is 0.391. The monoisotopic (exact) mass is 239 g/mol. The highest BCUT2D eigenvalue weighted by Gasteiger charge is 2.07. The van der Waals surface area contributed by atoms with Gasteiger partial charge in [0.25, 0.3) is 0 Å². The van der Waals surface area contributed by atoms with Crippen LogP contribution in [0.25, 0.3) is 0 Å². The number of nitrogens with zero attached hydrogens (tertiary/aromatic N) is 1. The first kappa shape index (κ1) is 11.4. The molecule has 6 heteroatoms. The van der Waals surface area contributed by atoms with Crippen molar-refractivity contribution in [2.45, 2.75) is 0 Å².